The molecule has 1 amide bonds. The average molecular weight is 444 g/mol. The van der Waals surface area contributed by atoms with Crippen LogP contribution in [-0.2, 0) is 4.79 Å². The lowest BCUT2D eigenvalue weighted by Crippen LogP contribution is -2.18. The van der Waals surface area contributed by atoms with Gasteiger partial charge in [0, 0.05) is 12.5 Å². The Morgan fingerprint density at radius 3 is 2.61 bits per heavy atom. The van der Waals surface area contributed by atoms with Crippen LogP contribution < -0.4 is 14.9 Å². The number of nitrogens with zero attached hydrogens (tertiary/aromatic N) is 3. The summed E-state index contributed by atoms with van der Waals surface area (Å²) in [4.78, 5) is 36.2. The number of nitrogens with one attached hydrogen (secondary N) is 1. The number of hydrogen-bond acceptors (Lipinski definition) is 9. The molecule has 0 saturated heterocycles. The summed E-state index contributed by atoms with van der Waals surface area (Å²) in [6.45, 7) is 1.23. The summed E-state index contributed by atoms with van der Waals surface area (Å²) in [5, 5.41) is 11.4. The van der Waals surface area contributed by atoms with Gasteiger partial charge in [0.05, 0.1) is 6.21 Å². The highest BCUT2D eigenvalue weighted by atomic mass is 16.6. The van der Waals surface area contributed by atoms with Crippen LogP contribution in [-0.4, -0.2) is 34.4 Å². The van der Waals surface area contributed by atoms with Crippen LogP contribution >= 0.6 is 0 Å². The van der Waals surface area contributed by atoms with Gasteiger partial charge in [-0.15, -0.1) is 0 Å². The predicted molar refractivity (Wildman–Crippen MR) is 116 cm³/mol. The fourth-order valence-corrected chi connectivity index (χ4v) is 2.85. The third-order valence-electron chi connectivity index (χ3n) is 4.32. The number of hydrazone groups is 1. The van der Waals surface area contributed by atoms with E-state index in [9.17, 15) is 14.4 Å². The first kappa shape index (κ1) is 21.4. The molecule has 33 heavy (non-hydrogen) atoms. The zero-order chi connectivity index (χ0) is 23.2. The van der Waals surface area contributed by atoms with Gasteiger partial charge in [0.2, 0.25) is 0 Å². The first-order valence-corrected chi connectivity index (χ1v) is 9.65. The highest BCUT2D eigenvalue weighted by molar-refractivity contribution is 5.97. The number of benzene rings is 3. The number of amides is 1. The van der Waals surface area contributed by atoms with Crippen molar-refractivity contribution in [3.63, 3.8) is 0 Å². The lowest BCUT2D eigenvalue weighted by molar-refractivity contribution is -0.131. The number of carbonyl (C=O) groups excluding carboxylic acids is 3. The number of rotatable bonds is 6. The van der Waals surface area contributed by atoms with Crippen LogP contribution in [0, 0.1) is 0 Å². The smallest absolute Gasteiger partial charge is 0.347 e. The van der Waals surface area contributed by atoms with E-state index >= 15 is 0 Å². The molecule has 0 bridgehead atoms. The van der Waals surface area contributed by atoms with Gasteiger partial charge in [0.25, 0.3) is 5.91 Å². The van der Waals surface area contributed by atoms with Crippen molar-refractivity contribution in [2.45, 2.75) is 6.92 Å². The van der Waals surface area contributed by atoms with Crippen molar-refractivity contribution in [1.29, 1.82) is 0 Å². The van der Waals surface area contributed by atoms with Gasteiger partial charge in [-0.25, -0.2) is 14.8 Å². The van der Waals surface area contributed by atoms with E-state index in [1.807, 2.05) is 0 Å². The Morgan fingerprint density at radius 1 is 0.939 bits per heavy atom. The molecule has 10 nitrogen and oxygen atoms in total. The lowest BCUT2D eigenvalue weighted by Gasteiger charge is -2.09. The van der Waals surface area contributed by atoms with Crippen LogP contribution in [0.2, 0.25) is 0 Å². The van der Waals surface area contributed by atoms with E-state index < -0.39 is 17.8 Å². The van der Waals surface area contributed by atoms with E-state index in [4.69, 9.17) is 9.47 Å². The fourth-order valence-electron chi connectivity index (χ4n) is 2.85. The second-order valence-corrected chi connectivity index (χ2v) is 6.72. The standard InChI is InChI=1S/C23H16N4O6/c1-14(28)31-21-8-3-2-7-18(21)23(30)32-17-6-4-5-16(12-17)22(29)25-24-13-15-9-10-19-20(11-15)27-33-26-19/h2-13H,1H3,(H,25,29)/b24-13+. The molecular formula is C23H16N4O6. The molecule has 3 aromatic carbocycles. The summed E-state index contributed by atoms with van der Waals surface area (Å²) in [6.07, 6.45) is 1.45. The van der Waals surface area contributed by atoms with Gasteiger partial charge in [0.15, 0.2) is 0 Å². The monoisotopic (exact) mass is 444 g/mol. The maximum absolute atomic E-state index is 12.5. The third-order valence-corrected chi connectivity index (χ3v) is 4.32. The number of esters is 2. The van der Waals surface area contributed by atoms with Crippen LogP contribution in [0.15, 0.2) is 76.5 Å². The number of para-hydroxylation sites is 1. The minimum absolute atomic E-state index is 0.0754. The summed E-state index contributed by atoms with van der Waals surface area (Å²) in [7, 11) is 0. The summed E-state index contributed by atoms with van der Waals surface area (Å²) in [5.74, 6) is -1.59. The molecule has 0 aliphatic carbocycles. The van der Waals surface area contributed by atoms with Crippen molar-refractivity contribution < 1.29 is 28.5 Å². The van der Waals surface area contributed by atoms with Crippen molar-refractivity contribution in [1.82, 2.24) is 15.7 Å². The quantitative estimate of drug-likeness (QED) is 0.208. The van der Waals surface area contributed by atoms with Crippen molar-refractivity contribution in [2.75, 3.05) is 0 Å². The van der Waals surface area contributed by atoms with E-state index in [1.165, 1.54) is 37.4 Å². The van der Waals surface area contributed by atoms with Crippen molar-refractivity contribution in [2.24, 2.45) is 5.10 Å². The molecule has 0 aliphatic heterocycles. The average Bonchev–Trinajstić information content (AvgIpc) is 3.27. The lowest BCUT2D eigenvalue weighted by atomic mass is 10.2. The van der Waals surface area contributed by atoms with Crippen LogP contribution in [0.3, 0.4) is 0 Å². The molecule has 0 spiro atoms. The van der Waals surface area contributed by atoms with Gasteiger partial charge in [-0.2, -0.15) is 5.10 Å². The van der Waals surface area contributed by atoms with E-state index in [0.717, 1.165) is 0 Å². The van der Waals surface area contributed by atoms with Crippen LogP contribution in [0.4, 0.5) is 0 Å². The molecule has 0 atom stereocenters. The molecule has 1 N–H and O–H groups in total. The van der Waals surface area contributed by atoms with E-state index in [1.54, 1.807) is 42.5 Å². The molecule has 1 heterocycles. The molecule has 0 aliphatic rings. The van der Waals surface area contributed by atoms with Gasteiger partial charge in [-0.3, -0.25) is 9.59 Å². The van der Waals surface area contributed by atoms with E-state index in [2.05, 4.69) is 25.5 Å². The second kappa shape index (κ2) is 9.52. The maximum atomic E-state index is 12.5. The normalized spacial score (nSPS) is 10.8. The highest BCUT2D eigenvalue weighted by Crippen LogP contribution is 2.22. The molecule has 4 aromatic rings. The van der Waals surface area contributed by atoms with Gasteiger partial charge in [0.1, 0.15) is 28.1 Å². The minimum Gasteiger partial charge on any atom is -0.426 e. The van der Waals surface area contributed by atoms with E-state index in [-0.39, 0.29) is 22.6 Å². The second-order valence-electron chi connectivity index (χ2n) is 6.72. The Hall–Kier alpha value is -4.86. The van der Waals surface area contributed by atoms with E-state index in [0.29, 0.717) is 16.6 Å². The third kappa shape index (κ3) is 5.25. The predicted octanol–water partition coefficient (Wildman–Crippen LogP) is 3.13. The number of aromatic nitrogens is 2. The first-order chi connectivity index (χ1) is 16.0. The molecule has 164 valence electrons. The first-order valence-electron chi connectivity index (χ1n) is 9.65. The summed E-state index contributed by atoms with van der Waals surface area (Å²) >= 11 is 0. The van der Waals surface area contributed by atoms with Crippen LogP contribution in [0.1, 0.15) is 33.2 Å². The molecular weight excluding hydrogens is 428 g/mol. The Labute approximate surface area is 186 Å². The fraction of sp³-hybridized carbons (Fsp3) is 0.0435. The van der Waals surface area contributed by atoms with Crippen molar-refractivity contribution >= 4 is 35.1 Å². The van der Waals surface area contributed by atoms with Gasteiger partial charge >= 0.3 is 11.9 Å². The highest BCUT2D eigenvalue weighted by Gasteiger charge is 2.16. The Morgan fingerprint density at radius 2 is 1.76 bits per heavy atom. The zero-order valence-electron chi connectivity index (χ0n) is 17.2. The summed E-state index contributed by atoms with van der Waals surface area (Å²) < 4.78 is 15.0. The van der Waals surface area contributed by atoms with Crippen molar-refractivity contribution in [3.05, 3.63) is 83.4 Å². The molecule has 10 heteroatoms. The Kier molecular flexibility index (Phi) is 6.17. The number of carbonyl (C=O) groups is 3. The summed E-state index contributed by atoms with van der Waals surface area (Å²) in [5.41, 5.74) is 4.57. The SMILES string of the molecule is CC(=O)Oc1ccccc1C(=O)Oc1cccc(C(=O)N/N=C/c2ccc3nonc3c2)c1. The Bertz CT molecular complexity index is 1380. The topological polar surface area (TPSA) is 133 Å². The largest absolute Gasteiger partial charge is 0.426 e. The van der Waals surface area contributed by atoms with Gasteiger partial charge in [-0.05, 0) is 58.3 Å². The summed E-state index contributed by atoms with van der Waals surface area (Å²) in [6, 6.07) is 17.4. The minimum atomic E-state index is -0.736. The molecule has 0 unspecified atom stereocenters. The van der Waals surface area contributed by atoms with Gasteiger partial charge in [-0.1, -0.05) is 24.3 Å². The van der Waals surface area contributed by atoms with Crippen LogP contribution in [0.25, 0.3) is 11.0 Å². The van der Waals surface area contributed by atoms with Crippen molar-refractivity contribution in [3.8, 4) is 11.5 Å². The molecule has 0 radical (unpaired) electrons. The molecule has 0 fully saturated rings. The molecule has 1 aromatic heterocycles. The van der Waals surface area contributed by atoms with Gasteiger partial charge < -0.3 is 9.47 Å². The Balaban J connectivity index is 1.42. The molecule has 0 saturated carbocycles. The number of fused-ring (bicyclic) bond motifs is 1. The zero-order valence-corrected chi connectivity index (χ0v) is 17.2. The van der Waals surface area contributed by atoms with Crippen LogP contribution in [0.5, 0.6) is 11.5 Å². The maximum Gasteiger partial charge on any atom is 0.347 e. The number of hydrogen-bond donors (Lipinski definition) is 1. The molecule has 4 rings (SSSR count). The number of ether oxygens (including phenoxy) is 2.